The maximum absolute atomic E-state index is 12.6. The number of ether oxygens (including phenoxy) is 2. The van der Waals surface area contributed by atoms with Crippen LogP contribution >= 0.6 is 0 Å². The molecule has 170 valence electrons. The molecule has 2 N–H and O–H groups in total. The number of carbonyl (C=O) groups excluding carboxylic acids is 1. The van der Waals surface area contributed by atoms with Crippen molar-refractivity contribution in [3.8, 4) is 16.9 Å². The third-order valence-corrected chi connectivity index (χ3v) is 5.79. The summed E-state index contributed by atoms with van der Waals surface area (Å²) in [5.74, 6) is -0.594. The number of carboxylic acid groups (broad SMARTS) is 1. The molecule has 1 aliphatic rings. The van der Waals surface area contributed by atoms with Crippen LogP contribution in [0, 0.1) is 0 Å². The van der Waals surface area contributed by atoms with E-state index in [-0.39, 0.29) is 18.9 Å². The zero-order valence-electron chi connectivity index (χ0n) is 18.5. The molecule has 0 heterocycles. The van der Waals surface area contributed by atoms with Gasteiger partial charge in [0.15, 0.2) is 0 Å². The molecule has 0 fully saturated rings. The SMILES string of the molecule is CCCOc1ccccc1CC(NC(=O)OCC1c2ccccc2-c2ccccc21)C(=O)O. The van der Waals surface area contributed by atoms with E-state index in [2.05, 4.69) is 17.4 Å². The minimum Gasteiger partial charge on any atom is -0.493 e. The van der Waals surface area contributed by atoms with Gasteiger partial charge in [0.05, 0.1) is 6.61 Å². The van der Waals surface area contributed by atoms with Crippen molar-refractivity contribution in [2.75, 3.05) is 13.2 Å². The van der Waals surface area contributed by atoms with Crippen LogP contribution in [0.25, 0.3) is 11.1 Å². The normalized spacial score (nSPS) is 13.0. The maximum atomic E-state index is 12.6. The van der Waals surface area contributed by atoms with Crippen LogP contribution < -0.4 is 10.1 Å². The van der Waals surface area contributed by atoms with Gasteiger partial charge in [0.1, 0.15) is 18.4 Å². The summed E-state index contributed by atoms with van der Waals surface area (Å²) in [6.07, 6.45) is 0.185. The number of amides is 1. The van der Waals surface area contributed by atoms with Gasteiger partial charge in [-0.2, -0.15) is 0 Å². The van der Waals surface area contributed by atoms with E-state index in [0.717, 1.165) is 34.2 Å². The van der Waals surface area contributed by atoms with E-state index in [9.17, 15) is 14.7 Å². The van der Waals surface area contributed by atoms with Crippen molar-refractivity contribution in [3.05, 3.63) is 89.5 Å². The Hall–Kier alpha value is -3.80. The molecule has 0 saturated carbocycles. The lowest BCUT2D eigenvalue weighted by atomic mass is 9.98. The van der Waals surface area contributed by atoms with E-state index >= 15 is 0 Å². The summed E-state index contributed by atoms with van der Waals surface area (Å²) in [6.45, 7) is 2.67. The Morgan fingerprint density at radius 1 is 0.939 bits per heavy atom. The number of carboxylic acids is 1. The molecule has 0 spiro atoms. The molecule has 1 aliphatic carbocycles. The van der Waals surface area contributed by atoms with Crippen LogP contribution in [0.4, 0.5) is 4.79 Å². The number of nitrogens with one attached hydrogen (secondary N) is 1. The van der Waals surface area contributed by atoms with Gasteiger partial charge in [-0.15, -0.1) is 0 Å². The molecular weight excluding hydrogens is 418 g/mol. The Bertz CT molecular complexity index is 1100. The number of hydrogen-bond acceptors (Lipinski definition) is 4. The number of rotatable bonds is 9. The third kappa shape index (κ3) is 5.00. The molecule has 3 aromatic rings. The Morgan fingerprint density at radius 3 is 2.18 bits per heavy atom. The summed E-state index contributed by atoms with van der Waals surface area (Å²) in [5.41, 5.74) is 5.19. The standard InChI is InChI=1S/C27H27NO5/c1-2-15-32-25-14-8-3-9-18(25)16-24(26(29)30)28-27(31)33-17-23-21-12-6-4-10-19(21)20-11-5-7-13-22(20)23/h3-14,23-24H,2,15-17H2,1H3,(H,28,31)(H,29,30). The Morgan fingerprint density at radius 2 is 1.55 bits per heavy atom. The van der Waals surface area contributed by atoms with Gasteiger partial charge in [0.25, 0.3) is 0 Å². The van der Waals surface area contributed by atoms with Crippen LogP contribution in [0.5, 0.6) is 5.75 Å². The highest BCUT2D eigenvalue weighted by Gasteiger charge is 2.30. The van der Waals surface area contributed by atoms with Crippen molar-refractivity contribution in [2.45, 2.75) is 31.7 Å². The van der Waals surface area contributed by atoms with Crippen LogP contribution in [-0.4, -0.2) is 36.4 Å². The number of alkyl carbamates (subject to hydrolysis) is 1. The molecule has 3 aromatic carbocycles. The second-order valence-electron chi connectivity index (χ2n) is 8.02. The third-order valence-electron chi connectivity index (χ3n) is 5.79. The zero-order valence-corrected chi connectivity index (χ0v) is 18.5. The monoisotopic (exact) mass is 445 g/mol. The summed E-state index contributed by atoms with van der Waals surface area (Å²) in [4.78, 5) is 24.4. The van der Waals surface area contributed by atoms with Crippen molar-refractivity contribution < 1.29 is 24.2 Å². The predicted octanol–water partition coefficient (Wildman–Crippen LogP) is 5.01. The van der Waals surface area contributed by atoms with Crippen molar-refractivity contribution in [3.63, 3.8) is 0 Å². The summed E-state index contributed by atoms with van der Waals surface area (Å²) in [6, 6.07) is 22.2. The van der Waals surface area contributed by atoms with E-state index < -0.39 is 18.1 Å². The highest BCUT2D eigenvalue weighted by atomic mass is 16.5. The molecule has 6 heteroatoms. The van der Waals surface area contributed by atoms with Crippen molar-refractivity contribution in [1.29, 1.82) is 0 Å². The molecule has 33 heavy (non-hydrogen) atoms. The summed E-state index contributed by atoms with van der Waals surface area (Å²) < 4.78 is 11.2. The average Bonchev–Trinajstić information content (AvgIpc) is 3.15. The highest BCUT2D eigenvalue weighted by Crippen LogP contribution is 2.44. The number of carbonyl (C=O) groups is 2. The van der Waals surface area contributed by atoms with Gasteiger partial charge in [-0.25, -0.2) is 9.59 Å². The van der Waals surface area contributed by atoms with Gasteiger partial charge < -0.3 is 19.9 Å². The molecular formula is C27H27NO5. The topological polar surface area (TPSA) is 84.9 Å². The van der Waals surface area contributed by atoms with Gasteiger partial charge >= 0.3 is 12.1 Å². The molecule has 0 aromatic heterocycles. The van der Waals surface area contributed by atoms with Gasteiger partial charge in [0, 0.05) is 12.3 Å². The maximum Gasteiger partial charge on any atom is 0.407 e. The fourth-order valence-corrected chi connectivity index (χ4v) is 4.23. The Kier molecular flexibility index (Phi) is 6.93. The summed E-state index contributed by atoms with van der Waals surface area (Å²) >= 11 is 0. The molecule has 0 saturated heterocycles. The van der Waals surface area contributed by atoms with E-state index in [1.54, 1.807) is 12.1 Å². The van der Waals surface area contributed by atoms with Gasteiger partial charge in [-0.05, 0) is 40.3 Å². The minimum atomic E-state index is -1.13. The molecule has 6 nitrogen and oxygen atoms in total. The van der Waals surface area contributed by atoms with Crippen LogP contribution in [0.2, 0.25) is 0 Å². The number of para-hydroxylation sites is 1. The van der Waals surface area contributed by atoms with Crippen LogP contribution in [0.15, 0.2) is 72.8 Å². The lowest BCUT2D eigenvalue weighted by Gasteiger charge is -2.18. The van der Waals surface area contributed by atoms with Crippen LogP contribution in [0.3, 0.4) is 0 Å². The first-order valence-corrected chi connectivity index (χ1v) is 11.1. The first-order valence-electron chi connectivity index (χ1n) is 11.1. The predicted molar refractivity (Wildman–Crippen MR) is 126 cm³/mol. The first kappa shape index (κ1) is 22.4. The molecule has 1 unspecified atom stereocenters. The number of aliphatic carboxylic acids is 1. The second kappa shape index (κ2) is 10.2. The second-order valence-corrected chi connectivity index (χ2v) is 8.02. The summed E-state index contributed by atoms with van der Waals surface area (Å²) in [7, 11) is 0. The fourth-order valence-electron chi connectivity index (χ4n) is 4.23. The lowest BCUT2D eigenvalue weighted by molar-refractivity contribution is -0.139. The molecule has 4 rings (SSSR count). The number of hydrogen-bond donors (Lipinski definition) is 2. The van der Waals surface area contributed by atoms with Crippen molar-refractivity contribution in [1.82, 2.24) is 5.32 Å². The molecule has 0 bridgehead atoms. The molecule has 1 amide bonds. The number of fused-ring (bicyclic) bond motifs is 3. The van der Waals surface area contributed by atoms with Gasteiger partial charge in [-0.3, -0.25) is 0 Å². The lowest BCUT2D eigenvalue weighted by Crippen LogP contribution is -2.43. The van der Waals surface area contributed by atoms with E-state index in [4.69, 9.17) is 9.47 Å². The first-order chi connectivity index (χ1) is 16.1. The summed E-state index contributed by atoms with van der Waals surface area (Å²) in [5, 5.41) is 12.2. The van der Waals surface area contributed by atoms with E-state index in [1.165, 1.54) is 0 Å². The minimum absolute atomic E-state index is 0.0883. The molecule has 1 atom stereocenters. The quantitative estimate of drug-likeness (QED) is 0.484. The van der Waals surface area contributed by atoms with Gasteiger partial charge in [0.2, 0.25) is 0 Å². The van der Waals surface area contributed by atoms with Crippen LogP contribution in [0.1, 0.15) is 36.0 Å². The average molecular weight is 446 g/mol. The van der Waals surface area contributed by atoms with Crippen LogP contribution in [-0.2, 0) is 16.0 Å². The smallest absolute Gasteiger partial charge is 0.407 e. The Labute approximate surface area is 193 Å². The van der Waals surface area contributed by atoms with E-state index in [0.29, 0.717) is 12.4 Å². The number of benzene rings is 3. The highest BCUT2D eigenvalue weighted by molar-refractivity contribution is 5.81. The Balaban J connectivity index is 1.42. The largest absolute Gasteiger partial charge is 0.493 e. The molecule has 0 aliphatic heterocycles. The van der Waals surface area contributed by atoms with Crippen molar-refractivity contribution in [2.24, 2.45) is 0 Å². The van der Waals surface area contributed by atoms with E-state index in [1.807, 2.05) is 55.5 Å². The van der Waals surface area contributed by atoms with Crippen molar-refractivity contribution >= 4 is 12.1 Å². The van der Waals surface area contributed by atoms with Gasteiger partial charge in [-0.1, -0.05) is 73.7 Å². The molecule has 0 radical (unpaired) electrons. The fraction of sp³-hybridized carbons (Fsp3) is 0.259. The zero-order chi connectivity index (χ0) is 23.2.